The number of aromatic hydroxyl groups is 1. The molecule has 2 aromatic carbocycles. The minimum atomic E-state index is -1.15. The van der Waals surface area contributed by atoms with Gasteiger partial charge in [0.25, 0.3) is 0 Å². The zero-order chi connectivity index (χ0) is 28.6. The highest BCUT2D eigenvalue weighted by molar-refractivity contribution is 5.92. The molecule has 2 atom stereocenters. The van der Waals surface area contributed by atoms with Gasteiger partial charge in [-0.05, 0) is 71.7 Å². The molecule has 0 fully saturated rings. The second kappa shape index (κ2) is 13.0. The van der Waals surface area contributed by atoms with E-state index in [9.17, 15) is 24.8 Å². The fourth-order valence-electron chi connectivity index (χ4n) is 4.09. The first-order valence-corrected chi connectivity index (χ1v) is 12.5. The summed E-state index contributed by atoms with van der Waals surface area (Å²) in [7, 11) is 0. The number of ether oxygens (including phenoxy) is 1. The van der Waals surface area contributed by atoms with Gasteiger partial charge in [0.15, 0.2) is 0 Å². The Morgan fingerprint density at radius 3 is 2.11 bits per heavy atom. The van der Waals surface area contributed by atoms with Crippen LogP contribution >= 0.6 is 0 Å². The highest BCUT2D eigenvalue weighted by Gasteiger charge is 2.36. The molecule has 38 heavy (non-hydrogen) atoms. The molecule has 3 amide bonds. The molecule has 0 radical (unpaired) electrons. The van der Waals surface area contributed by atoms with Crippen molar-refractivity contribution in [2.75, 3.05) is 6.54 Å². The van der Waals surface area contributed by atoms with E-state index in [-0.39, 0.29) is 24.8 Å². The van der Waals surface area contributed by atoms with Gasteiger partial charge in [0.1, 0.15) is 30.0 Å². The molecular formula is C29H38N4O5. The molecular weight excluding hydrogens is 484 g/mol. The van der Waals surface area contributed by atoms with Crippen molar-refractivity contribution in [2.45, 2.75) is 78.6 Å². The van der Waals surface area contributed by atoms with Crippen LogP contribution in [0, 0.1) is 25.2 Å². The Hall–Kier alpha value is -4.06. The first-order valence-electron chi connectivity index (χ1n) is 12.5. The predicted octanol–water partition coefficient (Wildman–Crippen LogP) is 4.06. The van der Waals surface area contributed by atoms with Crippen molar-refractivity contribution in [3.63, 3.8) is 0 Å². The average Bonchev–Trinajstić information content (AvgIpc) is 2.77. The van der Waals surface area contributed by atoms with Crippen molar-refractivity contribution in [3.05, 3.63) is 64.7 Å². The number of phenolic OH excluding ortho intramolecular Hbond substituents is 1. The number of amides is 3. The minimum Gasteiger partial charge on any atom is -0.508 e. The maximum absolute atomic E-state index is 14.1. The summed E-state index contributed by atoms with van der Waals surface area (Å²) in [5.41, 5.74) is 2.22. The third-order valence-corrected chi connectivity index (χ3v) is 5.44. The Morgan fingerprint density at radius 2 is 1.61 bits per heavy atom. The summed E-state index contributed by atoms with van der Waals surface area (Å²) in [6, 6.07) is 11.3. The van der Waals surface area contributed by atoms with Crippen molar-refractivity contribution in [1.82, 2.24) is 15.5 Å². The van der Waals surface area contributed by atoms with Crippen molar-refractivity contribution in [1.29, 1.82) is 5.26 Å². The molecule has 2 aromatic rings. The minimum absolute atomic E-state index is 0.0473. The third kappa shape index (κ3) is 9.11. The van der Waals surface area contributed by atoms with E-state index >= 15 is 0 Å². The lowest BCUT2D eigenvalue weighted by Crippen LogP contribution is -2.54. The summed E-state index contributed by atoms with van der Waals surface area (Å²) in [6.07, 6.45) is -0.757. The summed E-state index contributed by atoms with van der Waals surface area (Å²) < 4.78 is 5.39. The third-order valence-electron chi connectivity index (χ3n) is 5.44. The monoisotopic (exact) mass is 522 g/mol. The van der Waals surface area contributed by atoms with Crippen LogP contribution in [0.5, 0.6) is 5.75 Å². The summed E-state index contributed by atoms with van der Waals surface area (Å²) in [4.78, 5) is 41.4. The van der Waals surface area contributed by atoms with Crippen LogP contribution in [0.4, 0.5) is 4.79 Å². The van der Waals surface area contributed by atoms with Gasteiger partial charge < -0.3 is 25.4 Å². The van der Waals surface area contributed by atoms with Crippen LogP contribution in [0.2, 0.25) is 0 Å². The van der Waals surface area contributed by atoms with Crippen molar-refractivity contribution in [3.8, 4) is 11.8 Å². The van der Waals surface area contributed by atoms with Crippen LogP contribution in [0.15, 0.2) is 42.5 Å². The van der Waals surface area contributed by atoms with Gasteiger partial charge in [-0.3, -0.25) is 9.59 Å². The molecule has 0 aliphatic carbocycles. The van der Waals surface area contributed by atoms with Gasteiger partial charge in [0.05, 0.1) is 6.07 Å². The first kappa shape index (κ1) is 30.2. The van der Waals surface area contributed by atoms with E-state index in [1.807, 2.05) is 52.0 Å². The normalized spacial score (nSPS) is 12.7. The van der Waals surface area contributed by atoms with E-state index in [0.717, 1.165) is 11.1 Å². The molecule has 9 heteroatoms. The van der Waals surface area contributed by atoms with Gasteiger partial charge >= 0.3 is 6.09 Å². The van der Waals surface area contributed by atoms with E-state index in [2.05, 4.69) is 10.6 Å². The molecule has 204 valence electrons. The zero-order valence-corrected chi connectivity index (χ0v) is 23.2. The van der Waals surface area contributed by atoms with E-state index in [4.69, 9.17) is 4.74 Å². The molecule has 2 rings (SSSR count). The number of carbonyl (C=O) groups is 3. The molecule has 0 saturated heterocycles. The Bertz CT molecular complexity index is 1160. The topological polar surface area (TPSA) is 132 Å². The SMILES string of the molecule is Cc1cc(C)cc(C(C(=O)NC(C)C)N(CC#N)C(=O)C(Cc2ccc(O)cc2)NC(=O)OC(C)(C)C)c1. The molecule has 0 saturated carbocycles. The zero-order valence-electron chi connectivity index (χ0n) is 23.2. The largest absolute Gasteiger partial charge is 0.508 e. The predicted molar refractivity (Wildman–Crippen MR) is 144 cm³/mol. The number of nitrogens with zero attached hydrogens (tertiary/aromatic N) is 2. The van der Waals surface area contributed by atoms with Crippen LogP contribution in [-0.2, 0) is 20.7 Å². The standard InChI is InChI=1S/C29H38N4O5/c1-18(2)31-26(35)25(22-15-19(3)14-20(4)16-22)33(13-12-30)27(36)24(32-28(37)38-29(5,6)7)17-21-8-10-23(34)11-9-21/h8-11,14-16,18,24-25,34H,13,17H2,1-7H3,(H,31,35)(H,32,37). The number of nitrogens with one attached hydrogen (secondary N) is 2. The van der Waals surface area contributed by atoms with E-state index < -0.39 is 35.6 Å². The number of carbonyl (C=O) groups excluding carboxylic acids is 3. The maximum Gasteiger partial charge on any atom is 0.408 e. The van der Waals surface area contributed by atoms with Crippen molar-refractivity contribution in [2.24, 2.45) is 0 Å². The quantitative estimate of drug-likeness (QED) is 0.426. The number of hydrogen-bond donors (Lipinski definition) is 3. The van der Waals surface area contributed by atoms with Gasteiger partial charge in [-0.2, -0.15) is 5.26 Å². The second-order valence-electron chi connectivity index (χ2n) is 10.7. The molecule has 2 unspecified atom stereocenters. The van der Waals surface area contributed by atoms with Crippen LogP contribution in [0.25, 0.3) is 0 Å². The molecule has 3 N–H and O–H groups in total. The highest BCUT2D eigenvalue weighted by atomic mass is 16.6. The lowest BCUT2D eigenvalue weighted by atomic mass is 9.97. The Kier molecular flexibility index (Phi) is 10.3. The van der Waals surface area contributed by atoms with Gasteiger partial charge in [-0.15, -0.1) is 0 Å². The number of hydrogen-bond acceptors (Lipinski definition) is 6. The summed E-state index contributed by atoms with van der Waals surface area (Å²) in [6.45, 7) is 12.1. The Morgan fingerprint density at radius 1 is 1.03 bits per heavy atom. The van der Waals surface area contributed by atoms with Gasteiger partial charge in [-0.1, -0.05) is 41.5 Å². The number of nitriles is 1. The highest BCUT2D eigenvalue weighted by Crippen LogP contribution is 2.26. The molecule has 0 aliphatic rings. The summed E-state index contributed by atoms with van der Waals surface area (Å²) in [5, 5.41) is 24.8. The fourth-order valence-corrected chi connectivity index (χ4v) is 4.09. The average molecular weight is 523 g/mol. The molecule has 0 aliphatic heterocycles. The lowest BCUT2D eigenvalue weighted by molar-refractivity contribution is -0.142. The van der Waals surface area contributed by atoms with Gasteiger partial charge in [0, 0.05) is 12.5 Å². The number of rotatable bonds is 9. The maximum atomic E-state index is 14.1. The molecule has 9 nitrogen and oxygen atoms in total. The van der Waals surface area contributed by atoms with Gasteiger partial charge in [-0.25, -0.2) is 4.79 Å². The number of alkyl carbamates (subject to hydrolysis) is 1. The summed E-state index contributed by atoms with van der Waals surface area (Å²) in [5.74, 6) is -0.995. The fraction of sp³-hybridized carbons (Fsp3) is 0.448. The Balaban J connectivity index is 2.57. The molecule has 0 heterocycles. The number of benzene rings is 2. The second-order valence-corrected chi connectivity index (χ2v) is 10.7. The van der Waals surface area contributed by atoms with Gasteiger partial charge in [0.2, 0.25) is 11.8 Å². The molecule has 0 bridgehead atoms. The number of phenols is 1. The Labute approximate surface area is 224 Å². The van der Waals surface area contributed by atoms with E-state index in [1.54, 1.807) is 32.9 Å². The smallest absolute Gasteiger partial charge is 0.408 e. The van der Waals surface area contributed by atoms with Crippen molar-refractivity contribution >= 4 is 17.9 Å². The molecule has 0 spiro atoms. The van der Waals surface area contributed by atoms with Crippen LogP contribution < -0.4 is 10.6 Å². The van der Waals surface area contributed by atoms with Crippen molar-refractivity contribution < 1.29 is 24.2 Å². The first-order chi connectivity index (χ1) is 17.7. The van der Waals surface area contributed by atoms with Crippen LogP contribution in [0.3, 0.4) is 0 Å². The number of aryl methyl sites for hydroxylation is 2. The van der Waals surface area contributed by atoms with E-state index in [1.165, 1.54) is 17.0 Å². The van der Waals surface area contributed by atoms with E-state index in [0.29, 0.717) is 11.1 Å². The van der Waals surface area contributed by atoms with Crippen LogP contribution in [0.1, 0.15) is 62.9 Å². The molecule has 0 aromatic heterocycles. The summed E-state index contributed by atoms with van der Waals surface area (Å²) >= 11 is 0. The lowest BCUT2D eigenvalue weighted by Gasteiger charge is -2.33. The van der Waals surface area contributed by atoms with Crippen LogP contribution in [-0.4, -0.2) is 52.1 Å².